The van der Waals surface area contributed by atoms with E-state index in [2.05, 4.69) is 61.4 Å². The molecule has 1 N–H and O–H groups in total. The number of hydrogen-bond acceptors (Lipinski definition) is 3. The Morgan fingerprint density at radius 2 is 1.78 bits per heavy atom. The maximum atomic E-state index is 6.49. The minimum Gasteiger partial charge on any atom is -0.479 e. The van der Waals surface area contributed by atoms with Crippen LogP contribution >= 0.6 is 0 Å². The topological polar surface area (TPSA) is 34.2 Å². The maximum absolute atomic E-state index is 6.49. The van der Waals surface area contributed by atoms with Crippen LogP contribution in [0.2, 0.25) is 0 Å². The monoisotopic (exact) mass is 354 g/mol. The molecule has 2 aliphatic heterocycles. The summed E-state index contributed by atoms with van der Waals surface area (Å²) in [7, 11) is 0. The average molecular weight is 354 g/mol. The van der Waals surface area contributed by atoms with Crippen molar-refractivity contribution in [3.8, 4) is 16.9 Å². The van der Waals surface area contributed by atoms with E-state index in [1.54, 1.807) is 0 Å². The summed E-state index contributed by atoms with van der Waals surface area (Å²) in [6, 6.07) is 18.7. The van der Waals surface area contributed by atoms with Gasteiger partial charge in [-0.15, -0.1) is 0 Å². The smallest absolute Gasteiger partial charge is 0.167 e. The van der Waals surface area contributed by atoms with E-state index >= 15 is 0 Å². The van der Waals surface area contributed by atoms with Gasteiger partial charge in [0.2, 0.25) is 0 Å². The molecule has 0 spiro atoms. The Hall–Kier alpha value is -3.07. The number of anilines is 1. The molecule has 0 aliphatic carbocycles. The van der Waals surface area contributed by atoms with Crippen molar-refractivity contribution in [3.63, 3.8) is 0 Å². The molecule has 0 radical (unpaired) electrons. The third kappa shape index (κ3) is 2.54. The van der Waals surface area contributed by atoms with Crippen molar-refractivity contribution in [2.45, 2.75) is 32.4 Å². The second-order valence-electron chi connectivity index (χ2n) is 7.87. The fourth-order valence-corrected chi connectivity index (χ4v) is 4.37. The molecular weight excluding hydrogens is 332 g/mol. The average Bonchev–Trinajstić information content (AvgIpc) is 2.66. The number of nitrogens with one attached hydrogen (secondary N) is 1. The summed E-state index contributed by atoms with van der Waals surface area (Å²) in [5.41, 5.74) is 8.08. The molecule has 1 unspecified atom stereocenters. The second-order valence-corrected chi connectivity index (χ2v) is 7.87. The van der Waals surface area contributed by atoms with Crippen molar-refractivity contribution in [2.75, 3.05) is 5.32 Å². The van der Waals surface area contributed by atoms with Crippen molar-refractivity contribution < 1.29 is 4.74 Å². The zero-order chi connectivity index (χ0) is 18.6. The lowest BCUT2D eigenvalue weighted by Crippen LogP contribution is -2.32. The number of ether oxygens (including phenoxy) is 1. The fourth-order valence-electron chi connectivity index (χ4n) is 4.37. The predicted octanol–water partition coefficient (Wildman–Crippen LogP) is 5.84. The van der Waals surface area contributed by atoms with Crippen LogP contribution in [-0.2, 0) is 0 Å². The molecule has 3 nitrogen and oxygen atoms in total. The van der Waals surface area contributed by atoms with E-state index in [1.807, 2.05) is 36.5 Å². The van der Waals surface area contributed by atoms with Gasteiger partial charge in [-0.2, -0.15) is 0 Å². The third-order valence-electron chi connectivity index (χ3n) is 5.31. The summed E-state index contributed by atoms with van der Waals surface area (Å²) >= 11 is 0. The summed E-state index contributed by atoms with van der Waals surface area (Å²) in [6.45, 7) is 6.58. The summed E-state index contributed by atoms with van der Waals surface area (Å²) in [4.78, 5) is 4.61. The van der Waals surface area contributed by atoms with Gasteiger partial charge in [0.1, 0.15) is 5.75 Å². The van der Waals surface area contributed by atoms with Crippen LogP contribution in [0.3, 0.4) is 0 Å². The molecule has 3 heteroatoms. The van der Waals surface area contributed by atoms with Crippen molar-refractivity contribution in [1.82, 2.24) is 4.98 Å². The molecule has 1 aromatic heterocycles. The highest BCUT2D eigenvalue weighted by Gasteiger charge is 2.34. The minimum absolute atomic E-state index is 0.0702. The lowest BCUT2D eigenvalue weighted by molar-refractivity contribution is 0.238. The molecule has 3 aromatic rings. The van der Waals surface area contributed by atoms with E-state index < -0.39 is 0 Å². The van der Waals surface area contributed by atoms with E-state index in [0.29, 0.717) is 0 Å². The van der Waals surface area contributed by atoms with Gasteiger partial charge in [0.25, 0.3) is 0 Å². The van der Waals surface area contributed by atoms with Gasteiger partial charge in [0.15, 0.2) is 6.10 Å². The van der Waals surface area contributed by atoms with Crippen LogP contribution in [0.1, 0.15) is 43.7 Å². The van der Waals surface area contributed by atoms with Crippen LogP contribution in [0.4, 0.5) is 5.69 Å². The zero-order valence-electron chi connectivity index (χ0n) is 15.8. The Morgan fingerprint density at radius 3 is 2.59 bits per heavy atom. The molecule has 3 heterocycles. The molecule has 0 fully saturated rings. The number of aromatic nitrogens is 1. The molecule has 2 aliphatic rings. The van der Waals surface area contributed by atoms with Gasteiger partial charge in [0, 0.05) is 28.6 Å². The van der Waals surface area contributed by atoms with Crippen LogP contribution < -0.4 is 10.1 Å². The molecule has 5 rings (SSSR count). The molecule has 1 atom stereocenters. The third-order valence-corrected chi connectivity index (χ3v) is 5.31. The van der Waals surface area contributed by atoms with Gasteiger partial charge in [-0.3, -0.25) is 4.98 Å². The zero-order valence-corrected chi connectivity index (χ0v) is 15.8. The number of rotatable bonds is 1. The van der Waals surface area contributed by atoms with Crippen LogP contribution in [0.5, 0.6) is 5.75 Å². The SMILES string of the molecule is CC1=CC(C)(C)Nc2ccc3c(c21)C(c1ccccn1)Oc1ccccc1-3. The van der Waals surface area contributed by atoms with E-state index in [0.717, 1.165) is 22.7 Å². The first-order valence-corrected chi connectivity index (χ1v) is 9.35. The van der Waals surface area contributed by atoms with Crippen molar-refractivity contribution in [2.24, 2.45) is 0 Å². The summed E-state index contributed by atoms with van der Waals surface area (Å²) in [5, 5.41) is 3.66. The summed E-state index contributed by atoms with van der Waals surface area (Å²) < 4.78 is 6.49. The van der Waals surface area contributed by atoms with Crippen molar-refractivity contribution in [1.29, 1.82) is 0 Å². The van der Waals surface area contributed by atoms with Crippen LogP contribution in [0.15, 0.2) is 66.9 Å². The number of para-hydroxylation sites is 1. The maximum Gasteiger partial charge on any atom is 0.167 e. The Labute approximate surface area is 159 Å². The van der Waals surface area contributed by atoms with Crippen LogP contribution in [-0.4, -0.2) is 10.5 Å². The quantitative estimate of drug-likeness (QED) is 0.596. The van der Waals surface area contributed by atoms with Gasteiger partial charge in [-0.05, 0) is 56.2 Å². The molecule has 134 valence electrons. The number of nitrogens with zero attached hydrogens (tertiary/aromatic N) is 1. The first-order chi connectivity index (χ1) is 13.0. The number of benzene rings is 2. The largest absolute Gasteiger partial charge is 0.479 e. The highest BCUT2D eigenvalue weighted by atomic mass is 16.5. The predicted molar refractivity (Wildman–Crippen MR) is 110 cm³/mol. The number of allylic oxidation sites excluding steroid dienone is 1. The Kier molecular flexibility index (Phi) is 3.41. The Bertz CT molecular complexity index is 1070. The number of fused-ring (bicyclic) bond motifs is 5. The Morgan fingerprint density at radius 1 is 0.963 bits per heavy atom. The molecule has 0 amide bonds. The number of pyridine rings is 1. The van der Waals surface area contributed by atoms with Gasteiger partial charge >= 0.3 is 0 Å². The summed E-state index contributed by atoms with van der Waals surface area (Å²) in [6.07, 6.45) is 3.90. The molecule has 0 bridgehead atoms. The highest BCUT2D eigenvalue weighted by Crippen LogP contribution is 2.50. The highest BCUT2D eigenvalue weighted by molar-refractivity contribution is 5.90. The Balaban J connectivity index is 1.82. The molecule has 27 heavy (non-hydrogen) atoms. The minimum atomic E-state index is -0.225. The van der Waals surface area contributed by atoms with Gasteiger partial charge < -0.3 is 10.1 Å². The second kappa shape index (κ2) is 5.71. The van der Waals surface area contributed by atoms with Crippen molar-refractivity contribution in [3.05, 3.63) is 83.7 Å². The van der Waals surface area contributed by atoms with Crippen molar-refractivity contribution >= 4 is 11.3 Å². The first kappa shape index (κ1) is 16.1. The van der Waals surface area contributed by atoms with Gasteiger partial charge in [-0.1, -0.05) is 36.4 Å². The number of hydrogen-bond donors (Lipinski definition) is 1. The van der Waals surface area contributed by atoms with E-state index in [1.165, 1.54) is 22.3 Å². The van der Waals surface area contributed by atoms with Gasteiger partial charge in [0.05, 0.1) is 11.2 Å². The van der Waals surface area contributed by atoms with Crippen LogP contribution in [0.25, 0.3) is 16.7 Å². The normalized spacial score (nSPS) is 18.9. The van der Waals surface area contributed by atoms with E-state index in [-0.39, 0.29) is 11.6 Å². The van der Waals surface area contributed by atoms with E-state index in [4.69, 9.17) is 4.74 Å². The lowest BCUT2D eigenvalue weighted by Gasteiger charge is -2.37. The van der Waals surface area contributed by atoms with E-state index in [9.17, 15) is 0 Å². The first-order valence-electron chi connectivity index (χ1n) is 9.35. The standard InChI is InChI=1S/C24H22N2O/c1-15-14-24(2,3)26-18-12-11-17-16-8-4-5-10-20(16)27-23(22(17)21(15)18)19-9-6-7-13-25-19/h4-14,23,26H,1-3H3. The van der Waals surface area contributed by atoms with Gasteiger partial charge in [-0.25, -0.2) is 0 Å². The molecule has 0 saturated carbocycles. The lowest BCUT2D eigenvalue weighted by atomic mass is 9.81. The summed E-state index contributed by atoms with van der Waals surface area (Å²) in [5.74, 6) is 0.909. The molecule has 2 aromatic carbocycles. The fraction of sp³-hybridized carbons (Fsp3) is 0.208. The van der Waals surface area contributed by atoms with Crippen LogP contribution in [0, 0.1) is 0 Å². The molecular formula is C24H22N2O. The molecule has 0 saturated heterocycles.